The van der Waals surface area contributed by atoms with Gasteiger partial charge in [0.25, 0.3) is 0 Å². The Morgan fingerprint density at radius 3 is 2.77 bits per heavy atom. The van der Waals surface area contributed by atoms with Gasteiger partial charge in [-0.25, -0.2) is 9.97 Å². The number of nitrogens with zero attached hydrogens (tertiary/aromatic N) is 8. The molecule has 0 N–H and O–H groups in total. The molecule has 1 atom stereocenters. The molecule has 0 bridgehead atoms. The standard InChI is InChI=1S/C23H24N8/c1-3-23-11-7-8-13-30(23)20-18(31-16(2)27-28-21(23)31)15-25-22(26-20)29-14-12-24-19(29)17-9-5-4-6-10-17/h4-6,9-10,12,14-15H,3,7-8,11,13H2,1-2H3/t23-/m1/s1. The minimum atomic E-state index is -0.171. The summed E-state index contributed by atoms with van der Waals surface area (Å²) in [7, 11) is 0. The normalized spacial score (nSPS) is 19.6. The van der Waals surface area contributed by atoms with Gasteiger partial charge in [-0.3, -0.25) is 9.13 Å². The Hall–Kier alpha value is -3.55. The minimum absolute atomic E-state index is 0.171. The second-order valence-corrected chi connectivity index (χ2v) is 8.27. The molecule has 8 heteroatoms. The summed E-state index contributed by atoms with van der Waals surface area (Å²) in [6.07, 6.45) is 9.97. The summed E-state index contributed by atoms with van der Waals surface area (Å²) >= 11 is 0. The summed E-state index contributed by atoms with van der Waals surface area (Å²) in [4.78, 5) is 16.9. The van der Waals surface area contributed by atoms with Gasteiger partial charge < -0.3 is 4.90 Å². The second kappa shape index (κ2) is 6.73. The van der Waals surface area contributed by atoms with Crippen molar-refractivity contribution < 1.29 is 0 Å². The number of piperidine rings is 1. The van der Waals surface area contributed by atoms with Gasteiger partial charge in [-0.05, 0) is 32.6 Å². The maximum atomic E-state index is 5.10. The van der Waals surface area contributed by atoms with Crippen LogP contribution in [0.25, 0.3) is 23.0 Å². The fourth-order valence-electron chi connectivity index (χ4n) is 5.15. The average molecular weight is 413 g/mol. The average Bonchev–Trinajstić information content (AvgIpc) is 3.47. The molecule has 0 radical (unpaired) electrons. The van der Waals surface area contributed by atoms with Crippen LogP contribution in [0, 0.1) is 6.92 Å². The van der Waals surface area contributed by atoms with Gasteiger partial charge in [0.1, 0.15) is 22.9 Å². The maximum Gasteiger partial charge on any atom is 0.237 e. The molecule has 31 heavy (non-hydrogen) atoms. The lowest BCUT2D eigenvalue weighted by Gasteiger charge is -2.49. The molecule has 5 heterocycles. The molecule has 6 rings (SSSR count). The molecule has 0 saturated carbocycles. The summed E-state index contributed by atoms with van der Waals surface area (Å²) in [5.41, 5.74) is 1.82. The third kappa shape index (κ3) is 2.50. The Morgan fingerprint density at radius 1 is 1.06 bits per heavy atom. The number of hydrogen-bond donors (Lipinski definition) is 0. The lowest BCUT2D eigenvalue weighted by Crippen LogP contribution is -2.54. The van der Waals surface area contributed by atoms with Crippen molar-refractivity contribution in [2.75, 3.05) is 11.4 Å². The molecule has 2 aliphatic rings. The first-order valence-corrected chi connectivity index (χ1v) is 10.9. The monoisotopic (exact) mass is 412 g/mol. The number of aryl methyl sites for hydroxylation is 1. The van der Waals surface area contributed by atoms with Gasteiger partial charge in [0.15, 0.2) is 11.6 Å². The van der Waals surface area contributed by atoms with Crippen molar-refractivity contribution in [2.45, 2.75) is 45.1 Å². The van der Waals surface area contributed by atoms with Crippen LogP contribution in [-0.4, -0.2) is 40.8 Å². The molecule has 0 amide bonds. The van der Waals surface area contributed by atoms with E-state index in [1.54, 1.807) is 6.20 Å². The van der Waals surface area contributed by atoms with Gasteiger partial charge in [0.2, 0.25) is 5.95 Å². The first-order chi connectivity index (χ1) is 15.2. The Bertz CT molecular complexity index is 1260. The lowest BCUT2D eigenvalue weighted by molar-refractivity contribution is 0.274. The smallest absolute Gasteiger partial charge is 0.237 e. The van der Waals surface area contributed by atoms with E-state index in [4.69, 9.17) is 9.97 Å². The summed E-state index contributed by atoms with van der Waals surface area (Å²) < 4.78 is 4.11. The largest absolute Gasteiger partial charge is 0.342 e. The third-order valence-electron chi connectivity index (χ3n) is 6.69. The molecule has 2 aliphatic heterocycles. The Balaban J connectivity index is 1.55. The Labute approximate surface area is 180 Å². The summed E-state index contributed by atoms with van der Waals surface area (Å²) in [5, 5.41) is 9.03. The zero-order valence-corrected chi connectivity index (χ0v) is 17.7. The molecule has 156 valence electrons. The lowest BCUT2D eigenvalue weighted by atomic mass is 9.82. The SMILES string of the molecule is CC[C@]12CCCCN1c1nc(-n3ccnc3-c3ccccc3)ncc1-n1c(C)nnc12. The fraction of sp³-hybridized carbons (Fsp3) is 0.348. The van der Waals surface area contributed by atoms with Gasteiger partial charge >= 0.3 is 0 Å². The van der Waals surface area contributed by atoms with E-state index >= 15 is 0 Å². The van der Waals surface area contributed by atoms with E-state index in [1.807, 2.05) is 42.1 Å². The molecule has 0 unspecified atom stereocenters. The van der Waals surface area contributed by atoms with Crippen molar-refractivity contribution in [1.82, 2.24) is 34.3 Å². The molecule has 1 aromatic carbocycles. The number of fused-ring (bicyclic) bond motifs is 6. The van der Waals surface area contributed by atoms with Crippen LogP contribution in [0.1, 0.15) is 44.3 Å². The zero-order chi connectivity index (χ0) is 21.0. The first-order valence-electron chi connectivity index (χ1n) is 10.9. The highest BCUT2D eigenvalue weighted by Crippen LogP contribution is 2.48. The van der Waals surface area contributed by atoms with E-state index < -0.39 is 0 Å². The number of hydrogen-bond acceptors (Lipinski definition) is 6. The first kappa shape index (κ1) is 18.2. The molecular formula is C23H24N8. The van der Waals surface area contributed by atoms with Gasteiger partial charge in [0.05, 0.1) is 6.20 Å². The van der Waals surface area contributed by atoms with Crippen LogP contribution >= 0.6 is 0 Å². The highest BCUT2D eigenvalue weighted by Gasteiger charge is 2.48. The highest BCUT2D eigenvalue weighted by molar-refractivity contribution is 5.65. The highest BCUT2D eigenvalue weighted by atomic mass is 15.4. The van der Waals surface area contributed by atoms with Gasteiger partial charge in [-0.2, -0.15) is 4.98 Å². The molecular weight excluding hydrogens is 388 g/mol. The van der Waals surface area contributed by atoms with Gasteiger partial charge in [-0.15, -0.1) is 10.2 Å². The van der Waals surface area contributed by atoms with Crippen molar-refractivity contribution in [3.63, 3.8) is 0 Å². The molecule has 8 nitrogen and oxygen atoms in total. The van der Waals surface area contributed by atoms with E-state index in [1.165, 1.54) is 6.42 Å². The number of rotatable bonds is 3. The molecule has 1 fully saturated rings. The number of imidazole rings is 1. The molecule has 3 aromatic heterocycles. The van der Waals surface area contributed by atoms with Gasteiger partial charge in [-0.1, -0.05) is 37.3 Å². The summed E-state index contributed by atoms with van der Waals surface area (Å²) in [6, 6.07) is 10.1. The van der Waals surface area contributed by atoms with Crippen LogP contribution in [0.3, 0.4) is 0 Å². The van der Waals surface area contributed by atoms with E-state index in [2.05, 4.69) is 43.7 Å². The van der Waals surface area contributed by atoms with Crippen molar-refractivity contribution in [1.29, 1.82) is 0 Å². The van der Waals surface area contributed by atoms with Crippen molar-refractivity contribution in [2.24, 2.45) is 0 Å². The Kier molecular flexibility index (Phi) is 3.96. The van der Waals surface area contributed by atoms with Crippen LogP contribution in [0.4, 0.5) is 5.82 Å². The minimum Gasteiger partial charge on any atom is -0.342 e. The Morgan fingerprint density at radius 2 is 1.94 bits per heavy atom. The number of benzene rings is 1. The number of aromatic nitrogens is 7. The molecule has 0 aliphatic carbocycles. The fourth-order valence-corrected chi connectivity index (χ4v) is 5.15. The predicted octanol–water partition coefficient (Wildman–Crippen LogP) is 3.83. The van der Waals surface area contributed by atoms with Crippen LogP contribution in [0.2, 0.25) is 0 Å². The third-order valence-corrected chi connectivity index (χ3v) is 6.69. The van der Waals surface area contributed by atoms with Crippen molar-refractivity contribution >= 4 is 5.82 Å². The van der Waals surface area contributed by atoms with Crippen LogP contribution in [0.15, 0.2) is 48.9 Å². The number of anilines is 1. The topological polar surface area (TPSA) is 77.5 Å². The quantitative estimate of drug-likeness (QED) is 0.509. The summed E-state index contributed by atoms with van der Waals surface area (Å²) in [6.45, 7) is 5.20. The zero-order valence-electron chi connectivity index (χ0n) is 17.7. The van der Waals surface area contributed by atoms with E-state index in [9.17, 15) is 0 Å². The maximum absolute atomic E-state index is 5.10. The van der Waals surface area contributed by atoms with Crippen molar-refractivity contribution in [3.05, 3.63) is 60.6 Å². The van der Waals surface area contributed by atoms with E-state index in [-0.39, 0.29) is 5.54 Å². The van der Waals surface area contributed by atoms with Gasteiger partial charge in [0, 0.05) is 24.5 Å². The second-order valence-electron chi connectivity index (χ2n) is 8.27. The van der Waals surface area contributed by atoms with E-state index in [0.29, 0.717) is 5.95 Å². The molecule has 4 aromatic rings. The van der Waals surface area contributed by atoms with Crippen LogP contribution in [0.5, 0.6) is 0 Å². The van der Waals surface area contributed by atoms with Crippen LogP contribution < -0.4 is 4.90 Å². The molecule has 1 saturated heterocycles. The summed E-state index contributed by atoms with van der Waals surface area (Å²) in [5.74, 6) is 4.30. The van der Waals surface area contributed by atoms with Crippen LogP contribution in [-0.2, 0) is 5.54 Å². The molecule has 0 spiro atoms. The van der Waals surface area contributed by atoms with Crippen molar-refractivity contribution in [3.8, 4) is 23.0 Å². The van der Waals surface area contributed by atoms with E-state index in [0.717, 1.165) is 60.3 Å². The predicted molar refractivity (Wildman–Crippen MR) is 117 cm³/mol.